The molecule has 5 heteroatoms. The Kier molecular flexibility index (Phi) is 3.24. The molecule has 3 atom stereocenters. The fourth-order valence-corrected chi connectivity index (χ4v) is 1.81. The summed E-state index contributed by atoms with van der Waals surface area (Å²) >= 11 is 0. The smallest absolute Gasteiger partial charge is 0.321 e. The SMILES string of the molecule is C=C[C@@H]1CN[C@H](C(=O)O)[C@H]1CC(=O)O. The van der Waals surface area contributed by atoms with Crippen LogP contribution in [0, 0.1) is 11.8 Å². The minimum Gasteiger partial charge on any atom is -0.481 e. The number of carboxylic acids is 2. The maximum absolute atomic E-state index is 10.8. The molecule has 0 aliphatic carbocycles. The molecule has 0 amide bonds. The van der Waals surface area contributed by atoms with E-state index < -0.39 is 23.9 Å². The average molecular weight is 199 g/mol. The number of rotatable bonds is 4. The zero-order chi connectivity index (χ0) is 10.7. The third-order valence-corrected chi connectivity index (χ3v) is 2.53. The molecule has 1 aliphatic heterocycles. The van der Waals surface area contributed by atoms with Crippen LogP contribution in [0.25, 0.3) is 0 Å². The summed E-state index contributed by atoms with van der Waals surface area (Å²) in [6.45, 7) is 4.05. The Morgan fingerprint density at radius 3 is 2.57 bits per heavy atom. The Hall–Kier alpha value is -1.36. The maximum atomic E-state index is 10.8. The van der Waals surface area contributed by atoms with E-state index in [1.807, 2.05) is 0 Å². The summed E-state index contributed by atoms with van der Waals surface area (Å²) in [7, 11) is 0. The molecule has 1 aliphatic rings. The van der Waals surface area contributed by atoms with Gasteiger partial charge in [0.2, 0.25) is 0 Å². The van der Waals surface area contributed by atoms with Crippen molar-refractivity contribution in [3.63, 3.8) is 0 Å². The van der Waals surface area contributed by atoms with Crippen molar-refractivity contribution in [3.8, 4) is 0 Å². The van der Waals surface area contributed by atoms with Gasteiger partial charge in [-0.05, 0) is 5.92 Å². The van der Waals surface area contributed by atoms with Crippen molar-refractivity contribution >= 4 is 11.9 Å². The van der Waals surface area contributed by atoms with E-state index in [4.69, 9.17) is 10.2 Å². The summed E-state index contributed by atoms with van der Waals surface area (Å²) in [6.07, 6.45) is 1.48. The molecule has 0 bridgehead atoms. The van der Waals surface area contributed by atoms with Crippen molar-refractivity contribution in [2.75, 3.05) is 6.54 Å². The van der Waals surface area contributed by atoms with E-state index in [2.05, 4.69) is 11.9 Å². The van der Waals surface area contributed by atoms with Crippen LogP contribution < -0.4 is 5.32 Å². The van der Waals surface area contributed by atoms with Crippen LogP contribution in [0.4, 0.5) is 0 Å². The molecule has 3 N–H and O–H groups in total. The third-order valence-electron chi connectivity index (χ3n) is 2.53. The van der Waals surface area contributed by atoms with Crippen molar-refractivity contribution in [1.29, 1.82) is 0 Å². The Bertz CT molecular complexity index is 264. The van der Waals surface area contributed by atoms with E-state index >= 15 is 0 Å². The molecule has 0 aromatic rings. The first-order valence-corrected chi connectivity index (χ1v) is 4.36. The van der Waals surface area contributed by atoms with E-state index in [0.29, 0.717) is 6.54 Å². The van der Waals surface area contributed by atoms with E-state index in [1.54, 1.807) is 6.08 Å². The largest absolute Gasteiger partial charge is 0.481 e. The summed E-state index contributed by atoms with van der Waals surface area (Å²) in [5.74, 6) is -2.45. The molecule has 5 nitrogen and oxygen atoms in total. The van der Waals surface area contributed by atoms with Gasteiger partial charge in [0.05, 0.1) is 6.42 Å². The van der Waals surface area contributed by atoms with Crippen LogP contribution in [-0.4, -0.2) is 34.7 Å². The summed E-state index contributed by atoms with van der Waals surface area (Å²) < 4.78 is 0. The molecular formula is C9H13NO4. The highest BCUT2D eigenvalue weighted by Gasteiger charge is 2.39. The zero-order valence-electron chi connectivity index (χ0n) is 7.64. The molecule has 0 spiro atoms. The molecule has 14 heavy (non-hydrogen) atoms. The third kappa shape index (κ3) is 2.11. The highest BCUT2D eigenvalue weighted by atomic mass is 16.4. The molecule has 0 unspecified atom stereocenters. The topological polar surface area (TPSA) is 86.6 Å². The first-order chi connectivity index (χ1) is 6.56. The Morgan fingerprint density at radius 1 is 1.50 bits per heavy atom. The van der Waals surface area contributed by atoms with E-state index in [-0.39, 0.29) is 12.3 Å². The lowest BCUT2D eigenvalue weighted by atomic mass is 9.88. The van der Waals surface area contributed by atoms with Gasteiger partial charge in [-0.15, -0.1) is 6.58 Å². The van der Waals surface area contributed by atoms with Crippen LogP contribution >= 0.6 is 0 Å². The number of hydrogen-bond acceptors (Lipinski definition) is 3. The standard InChI is InChI=1S/C9H13NO4/c1-2-5-4-10-8(9(13)14)6(5)3-7(11)12/h2,5-6,8,10H,1,3-4H2,(H,11,12)(H,13,14)/t5-,6+,8+/m1/s1. The normalized spacial score (nSPS) is 31.3. The number of hydrogen-bond donors (Lipinski definition) is 3. The lowest BCUT2D eigenvalue weighted by Gasteiger charge is -2.16. The first kappa shape index (κ1) is 10.7. The molecule has 0 saturated carbocycles. The first-order valence-electron chi connectivity index (χ1n) is 4.36. The fourth-order valence-electron chi connectivity index (χ4n) is 1.81. The second kappa shape index (κ2) is 4.23. The van der Waals surface area contributed by atoms with Gasteiger partial charge in [-0.1, -0.05) is 6.08 Å². The molecule has 1 heterocycles. The van der Waals surface area contributed by atoms with E-state index in [1.165, 1.54) is 0 Å². The molecule has 1 rings (SSSR count). The van der Waals surface area contributed by atoms with Crippen LogP contribution in [0.5, 0.6) is 0 Å². The van der Waals surface area contributed by atoms with Gasteiger partial charge in [0.1, 0.15) is 6.04 Å². The Balaban J connectivity index is 2.74. The molecule has 1 saturated heterocycles. The second-order valence-electron chi connectivity index (χ2n) is 3.39. The molecule has 0 aromatic heterocycles. The minimum atomic E-state index is -0.999. The Morgan fingerprint density at radius 2 is 2.14 bits per heavy atom. The van der Waals surface area contributed by atoms with Crippen LogP contribution in [0.2, 0.25) is 0 Å². The molecular weight excluding hydrogens is 186 g/mol. The number of carbonyl (C=O) groups is 2. The predicted octanol–water partition coefficient (Wildman–Crippen LogP) is -0.0641. The predicted molar refractivity (Wildman–Crippen MR) is 48.9 cm³/mol. The zero-order valence-corrected chi connectivity index (χ0v) is 7.64. The van der Waals surface area contributed by atoms with Crippen molar-refractivity contribution in [2.24, 2.45) is 11.8 Å². The molecule has 0 radical (unpaired) electrons. The summed E-state index contributed by atoms with van der Waals surface area (Å²) in [5.41, 5.74) is 0. The lowest BCUT2D eigenvalue weighted by molar-refractivity contribution is -0.142. The van der Waals surface area contributed by atoms with Gasteiger partial charge in [-0.25, -0.2) is 0 Å². The van der Waals surface area contributed by atoms with Crippen LogP contribution in [-0.2, 0) is 9.59 Å². The number of nitrogens with one attached hydrogen (secondary N) is 1. The van der Waals surface area contributed by atoms with Gasteiger partial charge in [0.25, 0.3) is 0 Å². The van der Waals surface area contributed by atoms with Gasteiger partial charge < -0.3 is 15.5 Å². The molecule has 1 fully saturated rings. The molecule has 78 valence electrons. The van der Waals surface area contributed by atoms with Crippen molar-refractivity contribution in [2.45, 2.75) is 12.5 Å². The summed E-state index contributed by atoms with van der Waals surface area (Å²) in [4.78, 5) is 21.3. The van der Waals surface area contributed by atoms with Crippen LogP contribution in [0.3, 0.4) is 0 Å². The van der Waals surface area contributed by atoms with Crippen LogP contribution in [0.1, 0.15) is 6.42 Å². The van der Waals surface area contributed by atoms with Gasteiger partial charge >= 0.3 is 11.9 Å². The van der Waals surface area contributed by atoms with Gasteiger partial charge in [-0.2, -0.15) is 0 Å². The second-order valence-corrected chi connectivity index (χ2v) is 3.39. The van der Waals surface area contributed by atoms with Gasteiger partial charge in [-0.3, -0.25) is 9.59 Å². The van der Waals surface area contributed by atoms with Gasteiger partial charge in [0.15, 0.2) is 0 Å². The summed E-state index contributed by atoms with van der Waals surface area (Å²) in [5, 5.41) is 20.2. The molecule has 0 aromatic carbocycles. The van der Waals surface area contributed by atoms with Gasteiger partial charge in [0, 0.05) is 12.5 Å². The number of aliphatic carboxylic acids is 2. The Labute approximate surface area is 81.4 Å². The van der Waals surface area contributed by atoms with Crippen molar-refractivity contribution in [1.82, 2.24) is 5.32 Å². The maximum Gasteiger partial charge on any atom is 0.321 e. The van der Waals surface area contributed by atoms with Crippen molar-refractivity contribution < 1.29 is 19.8 Å². The van der Waals surface area contributed by atoms with Crippen LogP contribution in [0.15, 0.2) is 12.7 Å². The highest BCUT2D eigenvalue weighted by molar-refractivity contribution is 5.76. The summed E-state index contributed by atoms with van der Waals surface area (Å²) in [6, 6.07) is -0.769. The quantitative estimate of drug-likeness (QED) is 0.552. The fraction of sp³-hybridized carbons (Fsp3) is 0.556. The average Bonchev–Trinajstić information content (AvgIpc) is 2.46. The highest BCUT2D eigenvalue weighted by Crippen LogP contribution is 2.26. The monoisotopic (exact) mass is 199 g/mol. The lowest BCUT2D eigenvalue weighted by Crippen LogP contribution is -2.36. The van der Waals surface area contributed by atoms with E-state index in [9.17, 15) is 9.59 Å². The van der Waals surface area contributed by atoms with Crippen molar-refractivity contribution in [3.05, 3.63) is 12.7 Å². The number of carboxylic acid groups (broad SMARTS) is 2. The minimum absolute atomic E-state index is 0.0767. The van der Waals surface area contributed by atoms with E-state index in [0.717, 1.165) is 0 Å².